The second-order valence-electron chi connectivity index (χ2n) is 4.30. The summed E-state index contributed by atoms with van der Waals surface area (Å²) in [4.78, 5) is 13.0. The topological polar surface area (TPSA) is 49.3 Å². The minimum atomic E-state index is 0.0963. The van der Waals surface area contributed by atoms with Crippen LogP contribution in [0.3, 0.4) is 0 Å². The highest BCUT2D eigenvalue weighted by molar-refractivity contribution is 8.00. The van der Waals surface area contributed by atoms with Crippen molar-refractivity contribution in [1.82, 2.24) is 5.32 Å². The number of aliphatic hydroxyl groups is 1. The van der Waals surface area contributed by atoms with E-state index < -0.39 is 0 Å². The van der Waals surface area contributed by atoms with Crippen molar-refractivity contribution < 1.29 is 9.90 Å². The largest absolute Gasteiger partial charge is 0.395 e. The molecule has 1 unspecified atom stereocenters. The molecule has 1 amide bonds. The molecule has 5 heteroatoms. The Balaban J connectivity index is 1.80. The summed E-state index contributed by atoms with van der Waals surface area (Å²) in [5.41, 5.74) is 0.956. The van der Waals surface area contributed by atoms with Gasteiger partial charge in [0, 0.05) is 22.2 Å². The molecule has 102 valence electrons. The molecule has 1 fully saturated rings. The van der Waals surface area contributed by atoms with Crippen LogP contribution < -0.4 is 5.32 Å². The third kappa shape index (κ3) is 4.57. The van der Waals surface area contributed by atoms with Crippen LogP contribution in [0.1, 0.15) is 29.7 Å². The van der Waals surface area contributed by atoms with E-state index in [0.717, 1.165) is 29.0 Å². The van der Waals surface area contributed by atoms with Crippen molar-refractivity contribution in [2.75, 3.05) is 12.4 Å². The van der Waals surface area contributed by atoms with Gasteiger partial charge >= 0.3 is 0 Å². The number of aliphatic hydroxyl groups excluding tert-OH is 1. The van der Waals surface area contributed by atoms with Crippen LogP contribution >= 0.6 is 23.1 Å². The van der Waals surface area contributed by atoms with E-state index in [4.69, 9.17) is 5.11 Å². The second kappa shape index (κ2) is 7.59. The van der Waals surface area contributed by atoms with E-state index in [1.807, 2.05) is 11.4 Å². The molecule has 1 aliphatic heterocycles. The number of hydrogen-bond acceptors (Lipinski definition) is 4. The van der Waals surface area contributed by atoms with Gasteiger partial charge in [-0.15, -0.1) is 23.1 Å². The fourth-order valence-electron chi connectivity index (χ4n) is 1.83. The first kappa shape index (κ1) is 14.4. The zero-order chi connectivity index (χ0) is 13.5. The van der Waals surface area contributed by atoms with Crippen molar-refractivity contribution in [2.45, 2.75) is 31.1 Å². The molecular formula is C14H17NO2S2. The van der Waals surface area contributed by atoms with Gasteiger partial charge in [0.25, 0.3) is 0 Å². The first-order valence-electron chi connectivity index (χ1n) is 6.36. The van der Waals surface area contributed by atoms with E-state index in [1.165, 1.54) is 0 Å². The highest BCUT2D eigenvalue weighted by Crippen LogP contribution is 2.26. The van der Waals surface area contributed by atoms with Gasteiger partial charge in [-0.3, -0.25) is 4.79 Å². The summed E-state index contributed by atoms with van der Waals surface area (Å²) in [6, 6.07) is 2.00. The summed E-state index contributed by atoms with van der Waals surface area (Å²) in [6.45, 7) is 0.682. The second-order valence-corrected chi connectivity index (χ2v) is 6.60. The van der Waals surface area contributed by atoms with Crippen molar-refractivity contribution >= 4 is 29.0 Å². The molecule has 0 radical (unpaired) electrons. The van der Waals surface area contributed by atoms with Gasteiger partial charge in [-0.25, -0.2) is 0 Å². The van der Waals surface area contributed by atoms with E-state index in [2.05, 4.69) is 17.2 Å². The molecule has 0 bridgehead atoms. The van der Waals surface area contributed by atoms with E-state index in [9.17, 15) is 4.79 Å². The van der Waals surface area contributed by atoms with Gasteiger partial charge in [0.1, 0.15) is 0 Å². The van der Waals surface area contributed by atoms with Crippen LogP contribution in [0.25, 0.3) is 0 Å². The zero-order valence-electron chi connectivity index (χ0n) is 10.6. The van der Waals surface area contributed by atoms with Gasteiger partial charge < -0.3 is 10.4 Å². The molecule has 1 aliphatic rings. The number of carbonyl (C=O) groups excluding carboxylic acids is 1. The first-order valence-corrected chi connectivity index (χ1v) is 8.29. The van der Waals surface area contributed by atoms with Gasteiger partial charge in [-0.2, -0.15) is 0 Å². The number of thiophene rings is 1. The molecular weight excluding hydrogens is 278 g/mol. The van der Waals surface area contributed by atoms with Gasteiger partial charge in [0.05, 0.1) is 18.4 Å². The van der Waals surface area contributed by atoms with Gasteiger partial charge in [-0.05, 0) is 24.7 Å². The molecule has 3 nitrogen and oxygen atoms in total. The predicted octanol–water partition coefficient (Wildman–Crippen LogP) is 1.99. The Kier molecular flexibility index (Phi) is 5.77. The van der Waals surface area contributed by atoms with Gasteiger partial charge in [-0.1, -0.05) is 11.8 Å². The number of rotatable bonds is 4. The standard InChI is InChI=1S/C14H17NO2S2/c16-6-2-1-4-11-8-12(19-10-11)9-15-14(17)13-5-3-7-18-13/h8,10,13,16H,2-3,5-7,9H2,(H,15,17). The summed E-state index contributed by atoms with van der Waals surface area (Å²) < 4.78 is 0. The average molecular weight is 295 g/mol. The van der Waals surface area contributed by atoms with E-state index in [0.29, 0.717) is 13.0 Å². The maximum Gasteiger partial charge on any atom is 0.233 e. The van der Waals surface area contributed by atoms with Crippen molar-refractivity contribution in [2.24, 2.45) is 0 Å². The number of carbonyl (C=O) groups is 1. The fraction of sp³-hybridized carbons (Fsp3) is 0.500. The van der Waals surface area contributed by atoms with Crippen molar-refractivity contribution in [3.8, 4) is 11.8 Å². The van der Waals surface area contributed by atoms with Crippen LogP contribution in [-0.2, 0) is 11.3 Å². The van der Waals surface area contributed by atoms with Gasteiger partial charge in [0.2, 0.25) is 5.91 Å². The molecule has 1 atom stereocenters. The van der Waals surface area contributed by atoms with Crippen LogP contribution in [-0.4, -0.2) is 28.6 Å². The molecule has 0 aliphatic carbocycles. The lowest BCUT2D eigenvalue weighted by molar-refractivity contribution is -0.120. The van der Waals surface area contributed by atoms with Crippen LogP contribution in [0.15, 0.2) is 11.4 Å². The highest BCUT2D eigenvalue weighted by Gasteiger charge is 2.22. The smallest absolute Gasteiger partial charge is 0.233 e. The maximum atomic E-state index is 11.9. The molecule has 2 rings (SSSR count). The summed E-state index contributed by atoms with van der Waals surface area (Å²) in [5.74, 6) is 7.14. The summed E-state index contributed by atoms with van der Waals surface area (Å²) in [7, 11) is 0. The molecule has 0 saturated carbocycles. The molecule has 1 aromatic heterocycles. The molecule has 19 heavy (non-hydrogen) atoms. The number of amides is 1. The monoisotopic (exact) mass is 295 g/mol. The SMILES string of the molecule is O=C(NCc1cc(C#CCCO)cs1)C1CCCS1. The third-order valence-corrected chi connectivity index (χ3v) is 5.10. The number of thioether (sulfide) groups is 1. The Hall–Kier alpha value is -0.960. The quantitative estimate of drug-likeness (QED) is 0.835. The van der Waals surface area contributed by atoms with Gasteiger partial charge in [0.15, 0.2) is 0 Å². The summed E-state index contributed by atoms with van der Waals surface area (Å²) in [5, 5.41) is 13.8. The third-order valence-electron chi connectivity index (χ3n) is 2.78. The molecule has 0 spiro atoms. The van der Waals surface area contributed by atoms with E-state index >= 15 is 0 Å². The summed E-state index contributed by atoms with van der Waals surface area (Å²) >= 11 is 3.36. The van der Waals surface area contributed by atoms with Crippen LogP contribution in [0.4, 0.5) is 0 Å². The maximum absolute atomic E-state index is 11.9. The number of nitrogens with one attached hydrogen (secondary N) is 1. The highest BCUT2D eigenvalue weighted by atomic mass is 32.2. The molecule has 1 saturated heterocycles. The lowest BCUT2D eigenvalue weighted by atomic mass is 10.2. The molecule has 1 aromatic rings. The van der Waals surface area contributed by atoms with E-state index in [1.54, 1.807) is 23.1 Å². The fourth-order valence-corrected chi connectivity index (χ4v) is 3.77. The van der Waals surface area contributed by atoms with Crippen LogP contribution in [0.2, 0.25) is 0 Å². The molecule has 0 aromatic carbocycles. The first-order chi connectivity index (χ1) is 9.29. The Labute approximate surface area is 121 Å². The Bertz CT molecular complexity index is 481. The van der Waals surface area contributed by atoms with E-state index in [-0.39, 0.29) is 17.8 Å². The Morgan fingerprint density at radius 1 is 1.58 bits per heavy atom. The minimum Gasteiger partial charge on any atom is -0.395 e. The molecule has 2 N–H and O–H groups in total. The Morgan fingerprint density at radius 2 is 2.47 bits per heavy atom. The Morgan fingerprint density at radius 3 is 3.21 bits per heavy atom. The number of hydrogen-bond donors (Lipinski definition) is 2. The zero-order valence-corrected chi connectivity index (χ0v) is 12.3. The van der Waals surface area contributed by atoms with Crippen LogP contribution in [0.5, 0.6) is 0 Å². The van der Waals surface area contributed by atoms with Crippen molar-refractivity contribution in [3.05, 3.63) is 21.9 Å². The average Bonchev–Trinajstić information content (AvgIpc) is 3.08. The summed E-state index contributed by atoms with van der Waals surface area (Å²) in [6.07, 6.45) is 2.64. The lowest BCUT2D eigenvalue weighted by Crippen LogP contribution is -2.30. The predicted molar refractivity (Wildman–Crippen MR) is 80.2 cm³/mol. The molecule has 2 heterocycles. The van der Waals surface area contributed by atoms with Crippen molar-refractivity contribution in [3.63, 3.8) is 0 Å². The lowest BCUT2D eigenvalue weighted by Gasteiger charge is -2.08. The van der Waals surface area contributed by atoms with Crippen molar-refractivity contribution in [1.29, 1.82) is 0 Å². The minimum absolute atomic E-state index is 0.0963. The normalized spacial score (nSPS) is 17.8. The van der Waals surface area contributed by atoms with Crippen LogP contribution in [0, 0.1) is 11.8 Å².